The summed E-state index contributed by atoms with van der Waals surface area (Å²) in [4.78, 5) is 12.3. The molecule has 2 aromatic rings. The lowest BCUT2D eigenvalue weighted by Gasteiger charge is -2.14. The van der Waals surface area contributed by atoms with E-state index in [1.54, 1.807) is 6.07 Å². The van der Waals surface area contributed by atoms with Crippen LogP contribution in [0.5, 0.6) is 0 Å². The molecule has 0 radical (unpaired) electrons. The molecule has 0 fully saturated rings. The van der Waals surface area contributed by atoms with Gasteiger partial charge >= 0.3 is 0 Å². The standard InChI is InChI=1S/C15H18BrN3O/c1-4-19-11(3)13(9-17-19)10(2)18-15(20)12-7-5-6-8-14(12)16/h5-10H,4H2,1-3H3,(H,18,20). The Labute approximate surface area is 127 Å². The molecule has 1 N–H and O–H groups in total. The minimum Gasteiger partial charge on any atom is -0.345 e. The van der Waals surface area contributed by atoms with Gasteiger partial charge in [0.05, 0.1) is 17.8 Å². The van der Waals surface area contributed by atoms with Crippen molar-refractivity contribution in [1.82, 2.24) is 15.1 Å². The smallest absolute Gasteiger partial charge is 0.252 e. The zero-order chi connectivity index (χ0) is 14.7. The van der Waals surface area contributed by atoms with Gasteiger partial charge < -0.3 is 5.32 Å². The number of nitrogens with one attached hydrogen (secondary N) is 1. The van der Waals surface area contributed by atoms with E-state index in [9.17, 15) is 4.79 Å². The average molecular weight is 336 g/mol. The first-order chi connectivity index (χ1) is 9.54. The Morgan fingerprint density at radius 1 is 1.45 bits per heavy atom. The molecule has 1 heterocycles. The van der Waals surface area contributed by atoms with E-state index >= 15 is 0 Å². The number of carbonyl (C=O) groups excluding carboxylic acids is 1. The molecule has 1 aromatic carbocycles. The molecule has 0 bridgehead atoms. The van der Waals surface area contributed by atoms with Crippen LogP contribution >= 0.6 is 15.9 Å². The van der Waals surface area contributed by atoms with E-state index < -0.39 is 0 Å². The Balaban J connectivity index is 2.15. The first kappa shape index (κ1) is 14.8. The number of amides is 1. The summed E-state index contributed by atoms with van der Waals surface area (Å²) in [5.41, 5.74) is 2.78. The predicted molar refractivity (Wildman–Crippen MR) is 82.7 cm³/mol. The largest absolute Gasteiger partial charge is 0.345 e. The van der Waals surface area contributed by atoms with E-state index in [2.05, 4.69) is 26.3 Å². The summed E-state index contributed by atoms with van der Waals surface area (Å²) in [6.45, 7) is 6.87. The van der Waals surface area contributed by atoms with Crippen molar-refractivity contribution in [3.63, 3.8) is 0 Å². The van der Waals surface area contributed by atoms with Gasteiger partial charge in [-0.15, -0.1) is 0 Å². The van der Waals surface area contributed by atoms with Gasteiger partial charge in [0.25, 0.3) is 5.91 Å². The molecule has 0 saturated heterocycles. The highest BCUT2D eigenvalue weighted by atomic mass is 79.9. The summed E-state index contributed by atoms with van der Waals surface area (Å²) in [6.07, 6.45) is 1.82. The lowest BCUT2D eigenvalue weighted by atomic mass is 10.1. The minimum absolute atomic E-state index is 0.0742. The zero-order valence-corrected chi connectivity index (χ0v) is 13.4. The molecule has 0 spiro atoms. The predicted octanol–water partition coefficient (Wildman–Crippen LogP) is 3.46. The molecule has 0 saturated carbocycles. The number of aryl methyl sites for hydroxylation is 1. The van der Waals surface area contributed by atoms with Gasteiger partial charge in [0.15, 0.2) is 0 Å². The van der Waals surface area contributed by atoms with Crippen LogP contribution in [0.2, 0.25) is 0 Å². The molecule has 2 rings (SSSR count). The van der Waals surface area contributed by atoms with E-state index in [4.69, 9.17) is 0 Å². The molecule has 1 atom stereocenters. The Morgan fingerprint density at radius 2 is 2.15 bits per heavy atom. The van der Waals surface area contributed by atoms with Gasteiger partial charge in [0.1, 0.15) is 0 Å². The maximum atomic E-state index is 12.3. The number of benzene rings is 1. The number of hydrogen-bond acceptors (Lipinski definition) is 2. The molecule has 106 valence electrons. The van der Waals surface area contributed by atoms with Gasteiger partial charge in [-0.1, -0.05) is 12.1 Å². The number of carbonyl (C=O) groups is 1. The summed E-state index contributed by atoms with van der Waals surface area (Å²) in [5, 5.41) is 7.32. The molecule has 1 unspecified atom stereocenters. The molecular formula is C15H18BrN3O. The normalized spacial score (nSPS) is 12.2. The van der Waals surface area contributed by atoms with Gasteiger partial charge in [-0.05, 0) is 48.8 Å². The number of nitrogens with zero attached hydrogens (tertiary/aromatic N) is 2. The van der Waals surface area contributed by atoms with Gasteiger partial charge in [0, 0.05) is 22.3 Å². The molecule has 1 aromatic heterocycles. The second kappa shape index (κ2) is 6.22. The first-order valence-corrected chi connectivity index (χ1v) is 7.41. The van der Waals surface area contributed by atoms with Gasteiger partial charge in [0.2, 0.25) is 0 Å². The topological polar surface area (TPSA) is 46.9 Å². The fourth-order valence-electron chi connectivity index (χ4n) is 2.20. The first-order valence-electron chi connectivity index (χ1n) is 6.62. The van der Waals surface area contributed by atoms with Crippen molar-refractivity contribution in [3.05, 3.63) is 51.8 Å². The molecule has 1 amide bonds. The average Bonchev–Trinajstić information content (AvgIpc) is 2.80. The Hall–Kier alpha value is -1.62. The molecular weight excluding hydrogens is 318 g/mol. The highest BCUT2D eigenvalue weighted by Crippen LogP contribution is 2.20. The quantitative estimate of drug-likeness (QED) is 0.929. The molecule has 0 aliphatic heterocycles. The van der Waals surface area contributed by atoms with Crippen LogP contribution in [0.25, 0.3) is 0 Å². The van der Waals surface area contributed by atoms with Crippen LogP contribution in [0.1, 0.15) is 41.5 Å². The highest BCUT2D eigenvalue weighted by Gasteiger charge is 2.17. The van der Waals surface area contributed by atoms with Gasteiger partial charge in [-0.25, -0.2) is 0 Å². The van der Waals surface area contributed by atoms with E-state index in [0.29, 0.717) is 5.56 Å². The van der Waals surface area contributed by atoms with E-state index in [1.807, 2.05) is 49.8 Å². The van der Waals surface area contributed by atoms with Crippen molar-refractivity contribution in [3.8, 4) is 0 Å². The van der Waals surface area contributed by atoms with Crippen molar-refractivity contribution in [1.29, 1.82) is 0 Å². The van der Waals surface area contributed by atoms with Crippen molar-refractivity contribution in [2.45, 2.75) is 33.4 Å². The van der Waals surface area contributed by atoms with Crippen molar-refractivity contribution < 1.29 is 4.79 Å². The maximum absolute atomic E-state index is 12.3. The second-order valence-electron chi connectivity index (χ2n) is 4.68. The van der Waals surface area contributed by atoms with Gasteiger partial charge in [-0.3, -0.25) is 9.48 Å². The van der Waals surface area contributed by atoms with Gasteiger partial charge in [-0.2, -0.15) is 5.10 Å². The number of rotatable bonds is 4. The molecule has 4 nitrogen and oxygen atoms in total. The third-order valence-corrected chi connectivity index (χ3v) is 4.06. The summed E-state index contributed by atoms with van der Waals surface area (Å²) in [6, 6.07) is 7.33. The zero-order valence-electron chi connectivity index (χ0n) is 11.9. The Kier molecular flexibility index (Phi) is 4.60. The lowest BCUT2D eigenvalue weighted by Crippen LogP contribution is -2.27. The summed E-state index contributed by atoms with van der Waals surface area (Å²) in [5.74, 6) is -0.0892. The van der Waals surface area contributed by atoms with Crippen LogP contribution in [-0.2, 0) is 6.54 Å². The Bertz CT molecular complexity index is 621. The SMILES string of the molecule is CCn1ncc(C(C)NC(=O)c2ccccc2Br)c1C. The van der Waals surface area contributed by atoms with Crippen LogP contribution in [-0.4, -0.2) is 15.7 Å². The van der Waals surface area contributed by atoms with Crippen molar-refractivity contribution in [2.75, 3.05) is 0 Å². The summed E-state index contributed by atoms with van der Waals surface area (Å²) < 4.78 is 2.72. The molecule has 0 aliphatic rings. The van der Waals surface area contributed by atoms with Crippen LogP contribution in [0.3, 0.4) is 0 Å². The number of aromatic nitrogens is 2. The maximum Gasteiger partial charge on any atom is 0.252 e. The number of halogens is 1. The van der Waals surface area contributed by atoms with Crippen LogP contribution in [0.15, 0.2) is 34.9 Å². The Morgan fingerprint density at radius 3 is 2.75 bits per heavy atom. The second-order valence-corrected chi connectivity index (χ2v) is 5.53. The van der Waals surface area contributed by atoms with Crippen LogP contribution < -0.4 is 5.32 Å². The van der Waals surface area contributed by atoms with E-state index in [-0.39, 0.29) is 11.9 Å². The number of hydrogen-bond donors (Lipinski definition) is 1. The fraction of sp³-hybridized carbons (Fsp3) is 0.333. The monoisotopic (exact) mass is 335 g/mol. The fourth-order valence-corrected chi connectivity index (χ4v) is 2.67. The van der Waals surface area contributed by atoms with Crippen LogP contribution in [0, 0.1) is 6.92 Å². The molecule has 20 heavy (non-hydrogen) atoms. The van der Waals surface area contributed by atoms with Crippen LogP contribution in [0.4, 0.5) is 0 Å². The summed E-state index contributed by atoms with van der Waals surface area (Å²) in [7, 11) is 0. The van der Waals surface area contributed by atoms with E-state index in [0.717, 1.165) is 22.3 Å². The minimum atomic E-state index is -0.0892. The van der Waals surface area contributed by atoms with E-state index in [1.165, 1.54) is 0 Å². The third-order valence-electron chi connectivity index (χ3n) is 3.37. The highest BCUT2D eigenvalue weighted by molar-refractivity contribution is 9.10. The summed E-state index contributed by atoms with van der Waals surface area (Å²) >= 11 is 3.40. The third kappa shape index (κ3) is 2.93. The lowest BCUT2D eigenvalue weighted by molar-refractivity contribution is 0.0939. The molecule has 5 heteroatoms. The van der Waals surface area contributed by atoms with Crippen molar-refractivity contribution in [2.24, 2.45) is 0 Å². The molecule has 0 aliphatic carbocycles. The van der Waals surface area contributed by atoms with Crippen molar-refractivity contribution >= 4 is 21.8 Å².